The predicted octanol–water partition coefficient (Wildman–Crippen LogP) is 2.66. The van der Waals surface area contributed by atoms with Gasteiger partial charge in [-0.3, -0.25) is 9.59 Å². The zero-order chi connectivity index (χ0) is 12.6. The lowest BCUT2D eigenvalue weighted by molar-refractivity contribution is -0.191. The largest absolute Gasteiger partial charge is 0.425 e. The van der Waals surface area contributed by atoms with Gasteiger partial charge in [0.25, 0.3) is 0 Å². The van der Waals surface area contributed by atoms with Crippen LogP contribution in [0.1, 0.15) is 53.4 Å². The summed E-state index contributed by atoms with van der Waals surface area (Å²) in [5.74, 6) is -0.843. The summed E-state index contributed by atoms with van der Waals surface area (Å²) in [6, 6.07) is 0. The first-order valence-electron chi connectivity index (χ1n) is 5.91. The van der Waals surface area contributed by atoms with Crippen LogP contribution < -0.4 is 0 Å². The Labute approximate surface area is 97.3 Å². The number of carbonyl (C=O) groups excluding carboxylic acids is 2. The Hall–Kier alpha value is -1.06. The van der Waals surface area contributed by atoms with Gasteiger partial charge in [-0.2, -0.15) is 0 Å². The Bertz CT molecular complexity index is 223. The molecule has 0 spiro atoms. The SMILES string of the molecule is CCCC(=O)OC(CCC)OC(=O)C(C)C. The van der Waals surface area contributed by atoms with Crippen molar-refractivity contribution in [2.45, 2.75) is 59.7 Å². The second kappa shape index (κ2) is 8.13. The first-order valence-corrected chi connectivity index (χ1v) is 5.91. The van der Waals surface area contributed by atoms with E-state index >= 15 is 0 Å². The molecule has 0 aliphatic heterocycles. The summed E-state index contributed by atoms with van der Waals surface area (Å²) in [6.07, 6.45) is 1.72. The van der Waals surface area contributed by atoms with Gasteiger partial charge in [0.15, 0.2) is 0 Å². The minimum Gasteiger partial charge on any atom is -0.425 e. The van der Waals surface area contributed by atoms with Gasteiger partial charge in [-0.25, -0.2) is 0 Å². The Kier molecular flexibility index (Phi) is 7.60. The molecule has 0 aliphatic rings. The summed E-state index contributed by atoms with van der Waals surface area (Å²) in [5, 5.41) is 0. The van der Waals surface area contributed by atoms with Gasteiger partial charge in [0.2, 0.25) is 6.29 Å². The van der Waals surface area contributed by atoms with Gasteiger partial charge in [0.05, 0.1) is 5.92 Å². The molecule has 0 heterocycles. The monoisotopic (exact) mass is 230 g/mol. The molecule has 1 unspecified atom stereocenters. The van der Waals surface area contributed by atoms with Gasteiger partial charge >= 0.3 is 11.9 Å². The molecule has 0 aliphatic carbocycles. The van der Waals surface area contributed by atoms with Crippen LogP contribution in [0.15, 0.2) is 0 Å². The van der Waals surface area contributed by atoms with Crippen LogP contribution in [-0.4, -0.2) is 18.2 Å². The topological polar surface area (TPSA) is 52.6 Å². The Morgan fingerprint density at radius 1 is 1.06 bits per heavy atom. The highest BCUT2D eigenvalue weighted by Gasteiger charge is 2.19. The number of esters is 2. The minimum absolute atomic E-state index is 0.204. The van der Waals surface area contributed by atoms with Crippen LogP contribution in [0.4, 0.5) is 0 Å². The maximum atomic E-state index is 11.4. The fraction of sp³-hybridized carbons (Fsp3) is 0.833. The quantitative estimate of drug-likeness (QED) is 0.498. The molecule has 4 heteroatoms. The van der Waals surface area contributed by atoms with Gasteiger partial charge in [-0.15, -0.1) is 0 Å². The van der Waals surface area contributed by atoms with E-state index < -0.39 is 6.29 Å². The van der Waals surface area contributed by atoms with E-state index in [-0.39, 0.29) is 17.9 Å². The molecule has 0 fully saturated rings. The number of rotatable bonds is 7. The molecule has 1 atom stereocenters. The summed E-state index contributed by atoms with van der Waals surface area (Å²) in [4.78, 5) is 22.6. The third-order valence-electron chi connectivity index (χ3n) is 1.96. The first-order chi connectivity index (χ1) is 7.51. The van der Waals surface area contributed by atoms with Crippen LogP contribution in [-0.2, 0) is 19.1 Å². The lowest BCUT2D eigenvalue weighted by atomic mass is 10.2. The molecule has 0 saturated heterocycles. The molecule has 0 bridgehead atoms. The molecule has 0 aromatic carbocycles. The van der Waals surface area contributed by atoms with Crippen molar-refractivity contribution in [1.82, 2.24) is 0 Å². The van der Waals surface area contributed by atoms with Crippen molar-refractivity contribution in [2.24, 2.45) is 5.92 Å². The fourth-order valence-electron chi connectivity index (χ4n) is 1.05. The molecule has 0 radical (unpaired) electrons. The third-order valence-corrected chi connectivity index (χ3v) is 1.96. The van der Waals surface area contributed by atoms with Crippen molar-refractivity contribution < 1.29 is 19.1 Å². The minimum atomic E-state index is -0.723. The highest BCUT2D eigenvalue weighted by atomic mass is 16.7. The van der Waals surface area contributed by atoms with Crippen molar-refractivity contribution >= 4 is 11.9 Å². The van der Waals surface area contributed by atoms with E-state index in [0.29, 0.717) is 12.8 Å². The second-order valence-electron chi connectivity index (χ2n) is 4.05. The Morgan fingerprint density at radius 3 is 2.12 bits per heavy atom. The van der Waals surface area contributed by atoms with E-state index in [0.717, 1.165) is 12.8 Å². The van der Waals surface area contributed by atoms with Crippen molar-refractivity contribution in [3.63, 3.8) is 0 Å². The number of carbonyl (C=O) groups is 2. The molecular weight excluding hydrogens is 208 g/mol. The van der Waals surface area contributed by atoms with E-state index in [1.54, 1.807) is 13.8 Å². The van der Waals surface area contributed by atoms with Crippen molar-refractivity contribution in [3.05, 3.63) is 0 Å². The average molecular weight is 230 g/mol. The van der Waals surface area contributed by atoms with Crippen LogP contribution in [0, 0.1) is 5.92 Å². The van der Waals surface area contributed by atoms with E-state index in [2.05, 4.69) is 0 Å². The Balaban J connectivity index is 4.16. The molecule has 94 valence electrons. The van der Waals surface area contributed by atoms with Gasteiger partial charge in [-0.05, 0) is 12.8 Å². The molecule has 16 heavy (non-hydrogen) atoms. The van der Waals surface area contributed by atoms with Crippen LogP contribution in [0.5, 0.6) is 0 Å². The van der Waals surface area contributed by atoms with E-state index in [9.17, 15) is 9.59 Å². The highest BCUT2D eigenvalue weighted by molar-refractivity contribution is 5.72. The zero-order valence-corrected chi connectivity index (χ0v) is 10.6. The number of hydrogen-bond donors (Lipinski definition) is 0. The normalized spacial score (nSPS) is 12.3. The smallest absolute Gasteiger partial charge is 0.311 e. The van der Waals surface area contributed by atoms with E-state index in [1.807, 2.05) is 13.8 Å². The summed E-state index contributed by atoms with van der Waals surface area (Å²) >= 11 is 0. The van der Waals surface area contributed by atoms with Crippen LogP contribution >= 0.6 is 0 Å². The second-order valence-corrected chi connectivity index (χ2v) is 4.05. The summed E-state index contributed by atoms with van der Waals surface area (Å²) in [5.41, 5.74) is 0. The molecule has 0 aromatic heterocycles. The molecular formula is C12H22O4. The number of ether oxygens (including phenoxy) is 2. The molecule has 4 nitrogen and oxygen atoms in total. The maximum absolute atomic E-state index is 11.4. The lowest BCUT2D eigenvalue weighted by Crippen LogP contribution is -2.26. The van der Waals surface area contributed by atoms with Crippen molar-refractivity contribution in [3.8, 4) is 0 Å². The summed E-state index contributed by atoms with van der Waals surface area (Å²) < 4.78 is 10.2. The Morgan fingerprint density at radius 2 is 1.69 bits per heavy atom. The fourth-order valence-corrected chi connectivity index (χ4v) is 1.05. The van der Waals surface area contributed by atoms with Gasteiger partial charge < -0.3 is 9.47 Å². The van der Waals surface area contributed by atoms with Crippen LogP contribution in [0.2, 0.25) is 0 Å². The molecule has 0 rings (SSSR count). The third kappa shape index (κ3) is 6.43. The molecule has 0 N–H and O–H groups in total. The van der Waals surface area contributed by atoms with Crippen molar-refractivity contribution in [1.29, 1.82) is 0 Å². The van der Waals surface area contributed by atoms with Gasteiger partial charge in [-0.1, -0.05) is 27.7 Å². The highest BCUT2D eigenvalue weighted by Crippen LogP contribution is 2.09. The molecule has 0 aromatic rings. The van der Waals surface area contributed by atoms with Crippen molar-refractivity contribution in [2.75, 3.05) is 0 Å². The van der Waals surface area contributed by atoms with Gasteiger partial charge in [0, 0.05) is 12.8 Å². The van der Waals surface area contributed by atoms with Crippen LogP contribution in [0.3, 0.4) is 0 Å². The van der Waals surface area contributed by atoms with E-state index in [4.69, 9.17) is 9.47 Å². The van der Waals surface area contributed by atoms with Crippen LogP contribution in [0.25, 0.3) is 0 Å². The first kappa shape index (κ1) is 14.9. The lowest BCUT2D eigenvalue weighted by Gasteiger charge is -2.18. The molecule has 0 saturated carbocycles. The summed E-state index contributed by atoms with van der Waals surface area (Å²) in [6.45, 7) is 7.35. The standard InChI is InChI=1S/C12H22O4/c1-5-7-10(13)15-11(8-6-2)16-12(14)9(3)4/h9,11H,5-8H2,1-4H3. The number of hydrogen-bond acceptors (Lipinski definition) is 4. The molecule has 0 amide bonds. The van der Waals surface area contributed by atoms with Gasteiger partial charge in [0.1, 0.15) is 0 Å². The summed E-state index contributed by atoms with van der Waals surface area (Å²) in [7, 11) is 0. The van der Waals surface area contributed by atoms with E-state index in [1.165, 1.54) is 0 Å². The predicted molar refractivity (Wildman–Crippen MR) is 60.6 cm³/mol. The average Bonchev–Trinajstić information content (AvgIpc) is 2.17. The zero-order valence-electron chi connectivity index (χ0n) is 10.6. The maximum Gasteiger partial charge on any atom is 0.311 e.